The molecular formula is C10H13N3O. The Balaban J connectivity index is 2.32. The number of hydrogen-bond donors (Lipinski definition) is 3. The summed E-state index contributed by atoms with van der Waals surface area (Å²) in [7, 11) is 0. The highest BCUT2D eigenvalue weighted by Crippen LogP contribution is 2.30. The van der Waals surface area contributed by atoms with Crippen LogP contribution in [0.3, 0.4) is 0 Å². The number of amides is 1. The number of carbonyl (C=O) groups is 1. The monoisotopic (exact) mass is 191 g/mol. The van der Waals surface area contributed by atoms with Gasteiger partial charge in [0, 0.05) is 6.42 Å². The summed E-state index contributed by atoms with van der Waals surface area (Å²) >= 11 is 0. The quantitative estimate of drug-likeness (QED) is 0.574. The third-order valence-corrected chi connectivity index (χ3v) is 2.54. The van der Waals surface area contributed by atoms with E-state index in [1.165, 1.54) is 0 Å². The number of para-hydroxylation sites is 1. The molecule has 14 heavy (non-hydrogen) atoms. The summed E-state index contributed by atoms with van der Waals surface area (Å²) in [6, 6.07) is 5.55. The van der Waals surface area contributed by atoms with Gasteiger partial charge in [-0.05, 0) is 18.1 Å². The second-order valence-corrected chi connectivity index (χ2v) is 3.51. The van der Waals surface area contributed by atoms with E-state index in [9.17, 15) is 4.79 Å². The lowest BCUT2D eigenvalue weighted by atomic mass is 10.0. The van der Waals surface area contributed by atoms with Crippen LogP contribution in [0.5, 0.6) is 0 Å². The molecule has 1 heterocycles. The van der Waals surface area contributed by atoms with Crippen molar-refractivity contribution >= 4 is 17.3 Å². The number of anilines is 2. The van der Waals surface area contributed by atoms with Gasteiger partial charge >= 0.3 is 0 Å². The highest BCUT2D eigenvalue weighted by molar-refractivity contribution is 5.80. The van der Waals surface area contributed by atoms with Crippen molar-refractivity contribution in [1.29, 1.82) is 0 Å². The van der Waals surface area contributed by atoms with Gasteiger partial charge in [-0.25, -0.2) is 0 Å². The Labute approximate surface area is 82.3 Å². The largest absolute Gasteiger partial charge is 0.397 e. The van der Waals surface area contributed by atoms with Crippen molar-refractivity contribution < 1.29 is 4.79 Å². The van der Waals surface area contributed by atoms with Crippen molar-refractivity contribution in [2.45, 2.75) is 18.9 Å². The molecule has 1 saturated heterocycles. The number of nitrogens with two attached hydrogens (primary N) is 2. The Bertz CT molecular complexity index is 376. The van der Waals surface area contributed by atoms with Crippen molar-refractivity contribution in [2.75, 3.05) is 11.5 Å². The van der Waals surface area contributed by atoms with Gasteiger partial charge in [0.05, 0.1) is 17.4 Å². The normalized spacial score (nSPS) is 20.9. The minimum absolute atomic E-state index is 0.0333. The number of hydrogen-bond acceptors (Lipinski definition) is 3. The molecule has 0 saturated carbocycles. The van der Waals surface area contributed by atoms with Gasteiger partial charge in [-0.1, -0.05) is 12.1 Å². The fourth-order valence-corrected chi connectivity index (χ4v) is 1.75. The maximum Gasteiger partial charge on any atom is 0.220 e. The van der Waals surface area contributed by atoms with Crippen molar-refractivity contribution in [3.05, 3.63) is 23.8 Å². The Kier molecular flexibility index (Phi) is 2.04. The van der Waals surface area contributed by atoms with Crippen LogP contribution in [-0.4, -0.2) is 5.91 Å². The van der Waals surface area contributed by atoms with Gasteiger partial charge in [0.25, 0.3) is 0 Å². The summed E-state index contributed by atoms with van der Waals surface area (Å²) < 4.78 is 0. The number of benzene rings is 1. The molecule has 0 spiro atoms. The van der Waals surface area contributed by atoms with Crippen LogP contribution in [0.2, 0.25) is 0 Å². The number of rotatable bonds is 1. The lowest BCUT2D eigenvalue weighted by molar-refractivity contribution is -0.119. The maximum absolute atomic E-state index is 11.0. The Morgan fingerprint density at radius 3 is 2.79 bits per heavy atom. The third kappa shape index (κ3) is 1.39. The van der Waals surface area contributed by atoms with Gasteiger partial charge in [-0.3, -0.25) is 4.79 Å². The second-order valence-electron chi connectivity index (χ2n) is 3.51. The summed E-state index contributed by atoms with van der Waals surface area (Å²) in [5, 5.41) is 2.86. The fourth-order valence-electron chi connectivity index (χ4n) is 1.75. The van der Waals surface area contributed by atoms with E-state index in [-0.39, 0.29) is 11.9 Å². The number of nitrogens with one attached hydrogen (secondary N) is 1. The molecule has 2 rings (SSSR count). The fraction of sp³-hybridized carbons (Fsp3) is 0.300. The average molecular weight is 191 g/mol. The van der Waals surface area contributed by atoms with Crippen molar-refractivity contribution in [3.8, 4) is 0 Å². The number of carbonyl (C=O) groups excluding carboxylic acids is 1. The molecule has 74 valence electrons. The first kappa shape index (κ1) is 8.87. The molecule has 1 fully saturated rings. The zero-order chi connectivity index (χ0) is 10.1. The standard InChI is InChI=1S/C10H13N3O/c11-7-3-1-2-6(10(7)12)8-4-5-9(14)13-8/h1-3,8H,4-5,11-12H2,(H,13,14). The van der Waals surface area contributed by atoms with Gasteiger partial charge in [0.1, 0.15) is 0 Å². The molecule has 4 heteroatoms. The van der Waals surface area contributed by atoms with Gasteiger partial charge in [0.2, 0.25) is 5.91 Å². The van der Waals surface area contributed by atoms with Crippen LogP contribution >= 0.6 is 0 Å². The van der Waals surface area contributed by atoms with E-state index >= 15 is 0 Å². The Morgan fingerprint density at radius 2 is 2.14 bits per heavy atom. The highest BCUT2D eigenvalue weighted by atomic mass is 16.1. The first-order valence-corrected chi connectivity index (χ1v) is 4.61. The summed E-state index contributed by atoms with van der Waals surface area (Å²) in [6.07, 6.45) is 1.37. The summed E-state index contributed by atoms with van der Waals surface area (Å²) in [5.74, 6) is 0.0804. The Hall–Kier alpha value is -1.71. The first-order chi connectivity index (χ1) is 6.68. The van der Waals surface area contributed by atoms with Crippen LogP contribution in [0.4, 0.5) is 11.4 Å². The van der Waals surface area contributed by atoms with Gasteiger partial charge < -0.3 is 16.8 Å². The zero-order valence-electron chi connectivity index (χ0n) is 7.79. The first-order valence-electron chi connectivity index (χ1n) is 4.61. The van der Waals surface area contributed by atoms with Gasteiger partial charge in [0.15, 0.2) is 0 Å². The van der Waals surface area contributed by atoms with E-state index in [1.807, 2.05) is 12.1 Å². The van der Waals surface area contributed by atoms with E-state index < -0.39 is 0 Å². The van der Waals surface area contributed by atoms with Crippen molar-refractivity contribution in [1.82, 2.24) is 5.32 Å². The van der Waals surface area contributed by atoms with Crippen molar-refractivity contribution in [2.24, 2.45) is 0 Å². The van der Waals surface area contributed by atoms with E-state index in [1.54, 1.807) is 6.07 Å². The molecule has 1 aliphatic rings. The topological polar surface area (TPSA) is 81.1 Å². The minimum Gasteiger partial charge on any atom is -0.397 e. The van der Waals surface area contributed by atoms with Gasteiger partial charge in [-0.2, -0.15) is 0 Å². The van der Waals surface area contributed by atoms with Crippen LogP contribution in [0.25, 0.3) is 0 Å². The molecule has 0 radical (unpaired) electrons. The summed E-state index contributed by atoms with van der Waals surface area (Å²) in [4.78, 5) is 11.0. The molecule has 0 aliphatic carbocycles. The molecule has 1 amide bonds. The summed E-state index contributed by atoms with van der Waals surface area (Å²) in [6.45, 7) is 0. The van der Waals surface area contributed by atoms with E-state index in [0.29, 0.717) is 17.8 Å². The third-order valence-electron chi connectivity index (χ3n) is 2.54. The SMILES string of the molecule is Nc1cccc(C2CCC(=O)N2)c1N. The predicted molar refractivity (Wildman–Crippen MR) is 55.4 cm³/mol. The highest BCUT2D eigenvalue weighted by Gasteiger charge is 2.24. The van der Waals surface area contributed by atoms with Gasteiger partial charge in [-0.15, -0.1) is 0 Å². The minimum atomic E-state index is 0.0333. The van der Waals surface area contributed by atoms with E-state index in [0.717, 1.165) is 12.0 Å². The summed E-state index contributed by atoms with van der Waals surface area (Å²) in [5.41, 5.74) is 13.6. The van der Waals surface area contributed by atoms with Crippen LogP contribution in [0.15, 0.2) is 18.2 Å². The Morgan fingerprint density at radius 1 is 1.36 bits per heavy atom. The van der Waals surface area contributed by atoms with E-state index in [2.05, 4.69) is 5.32 Å². The molecule has 5 N–H and O–H groups in total. The molecule has 1 aliphatic heterocycles. The average Bonchev–Trinajstić information content (AvgIpc) is 2.57. The molecular weight excluding hydrogens is 178 g/mol. The lowest BCUT2D eigenvalue weighted by Crippen LogP contribution is -2.19. The second kappa shape index (κ2) is 3.21. The molecule has 1 atom stereocenters. The number of nitrogen functional groups attached to an aromatic ring is 2. The molecule has 1 aromatic rings. The van der Waals surface area contributed by atoms with Crippen LogP contribution < -0.4 is 16.8 Å². The molecule has 4 nitrogen and oxygen atoms in total. The molecule has 0 aromatic heterocycles. The van der Waals surface area contributed by atoms with Crippen LogP contribution in [0, 0.1) is 0 Å². The molecule has 0 bridgehead atoms. The smallest absolute Gasteiger partial charge is 0.220 e. The van der Waals surface area contributed by atoms with E-state index in [4.69, 9.17) is 11.5 Å². The van der Waals surface area contributed by atoms with Crippen LogP contribution in [-0.2, 0) is 4.79 Å². The lowest BCUT2D eigenvalue weighted by Gasteiger charge is -2.14. The zero-order valence-corrected chi connectivity index (χ0v) is 7.79. The van der Waals surface area contributed by atoms with Crippen molar-refractivity contribution in [3.63, 3.8) is 0 Å². The molecule has 1 unspecified atom stereocenters. The van der Waals surface area contributed by atoms with Crippen LogP contribution in [0.1, 0.15) is 24.4 Å². The maximum atomic E-state index is 11.0. The molecule has 1 aromatic carbocycles. The predicted octanol–water partition coefficient (Wildman–Crippen LogP) is 0.802.